The number of aryl methyl sites for hydroxylation is 2. The fraction of sp³-hybridized carbons (Fsp3) is 0.143. The predicted octanol–water partition coefficient (Wildman–Crippen LogP) is 4.88. The van der Waals surface area contributed by atoms with E-state index in [4.69, 9.17) is 0 Å². The highest BCUT2D eigenvalue weighted by molar-refractivity contribution is 7.17. The Morgan fingerprint density at radius 3 is 2.39 bits per heavy atom. The van der Waals surface area contributed by atoms with Crippen molar-refractivity contribution in [1.82, 2.24) is 20.3 Å². The Hall–Kier alpha value is -2.90. The van der Waals surface area contributed by atoms with Crippen molar-refractivity contribution in [3.8, 4) is 21.1 Å². The van der Waals surface area contributed by atoms with E-state index in [0.717, 1.165) is 37.4 Å². The van der Waals surface area contributed by atoms with Crippen LogP contribution in [0.15, 0.2) is 54.9 Å². The summed E-state index contributed by atoms with van der Waals surface area (Å²) in [5.41, 5.74) is 3.68. The second-order valence-corrected chi connectivity index (χ2v) is 8.33. The molecule has 5 nitrogen and oxygen atoms in total. The highest BCUT2D eigenvalue weighted by Crippen LogP contribution is 2.29. The van der Waals surface area contributed by atoms with E-state index in [1.165, 1.54) is 11.3 Å². The summed E-state index contributed by atoms with van der Waals surface area (Å²) in [6.45, 7) is 4.28. The summed E-state index contributed by atoms with van der Waals surface area (Å²) in [6.07, 6.45) is 3.54. The molecule has 1 N–H and O–H groups in total. The molecule has 0 aliphatic carbocycles. The number of thiazole rings is 2. The van der Waals surface area contributed by atoms with Gasteiger partial charge in [0.15, 0.2) is 0 Å². The van der Waals surface area contributed by atoms with Gasteiger partial charge in [0, 0.05) is 28.4 Å². The fourth-order valence-electron chi connectivity index (χ4n) is 2.76. The van der Waals surface area contributed by atoms with E-state index >= 15 is 0 Å². The van der Waals surface area contributed by atoms with Crippen molar-refractivity contribution >= 4 is 28.6 Å². The Morgan fingerprint density at radius 2 is 1.64 bits per heavy atom. The molecule has 0 aliphatic heterocycles. The lowest BCUT2D eigenvalue weighted by Crippen LogP contribution is -2.22. The molecule has 4 aromatic rings. The third-order valence-corrected chi connectivity index (χ3v) is 6.65. The van der Waals surface area contributed by atoms with E-state index in [0.29, 0.717) is 11.4 Å². The topological polar surface area (TPSA) is 67.8 Å². The number of nitrogens with one attached hydrogen (secondary N) is 1. The Kier molecular flexibility index (Phi) is 5.27. The minimum atomic E-state index is -0.104. The number of amides is 1. The van der Waals surface area contributed by atoms with E-state index in [-0.39, 0.29) is 5.91 Å². The second-order valence-electron chi connectivity index (χ2n) is 6.25. The van der Waals surface area contributed by atoms with Gasteiger partial charge in [0.1, 0.15) is 14.9 Å². The number of nitrogens with zero attached hydrogens (tertiary/aromatic N) is 3. The van der Waals surface area contributed by atoms with Gasteiger partial charge < -0.3 is 5.32 Å². The van der Waals surface area contributed by atoms with E-state index in [9.17, 15) is 4.79 Å². The number of aromatic nitrogens is 3. The van der Waals surface area contributed by atoms with Gasteiger partial charge in [-0.2, -0.15) is 0 Å². The van der Waals surface area contributed by atoms with Crippen LogP contribution in [-0.4, -0.2) is 20.9 Å². The van der Waals surface area contributed by atoms with Crippen molar-refractivity contribution in [2.45, 2.75) is 20.4 Å². The first kappa shape index (κ1) is 18.5. The minimum Gasteiger partial charge on any atom is -0.346 e. The summed E-state index contributed by atoms with van der Waals surface area (Å²) >= 11 is 3.00. The Balaban J connectivity index is 1.48. The molecule has 0 fully saturated rings. The lowest BCUT2D eigenvalue weighted by atomic mass is 10.2. The van der Waals surface area contributed by atoms with Crippen molar-refractivity contribution in [2.75, 3.05) is 0 Å². The van der Waals surface area contributed by atoms with E-state index in [1.807, 2.05) is 56.3 Å². The zero-order valence-electron chi connectivity index (χ0n) is 15.5. The molecule has 140 valence electrons. The molecule has 3 aromatic heterocycles. The van der Waals surface area contributed by atoms with Gasteiger partial charge in [0.2, 0.25) is 0 Å². The molecule has 1 amide bonds. The van der Waals surface area contributed by atoms with Crippen LogP contribution < -0.4 is 5.32 Å². The molecule has 4 rings (SSSR count). The number of carbonyl (C=O) groups excluding carboxylic acids is 1. The van der Waals surface area contributed by atoms with Crippen molar-refractivity contribution in [3.05, 3.63) is 76.0 Å². The third kappa shape index (κ3) is 3.85. The number of benzene rings is 1. The molecule has 0 saturated heterocycles. The predicted molar refractivity (Wildman–Crippen MR) is 114 cm³/mol. The third-order valence-electron chi connectivity index (χ3n) is 4.23. The number of rotatable bonds is 5. The van der Waals surface area contributed by atoms with Crippen molar-refractivity contribution in [2.24, 2.45) is 0 Å². The molecule has 0 bridgehead atoms. The molecule has 28 heavy (non-hydrogen) atoms. The molecule has 7 heteroatoms. The van der Waals surface area contributed by atoms with Crippen molar-refractivity contribution < 1.29 is 4.79 Å². The van der Waals surface area contributed by atoms with Crippen LogP contribution in [0.3, 0.4) is 0 Å². The van der Waals surface area contributed by atoms with Gasteiger partial charge in [0.25, 0.3) is 5.91 Å². The SMILES string of the molecule is Cc1nc(-c2cccnc2)sc1CNC(=O)c1sc(-c2ccccc2)nc1C. The zero-order valence-corrected chi connectivity index (χ0v) is 17.1. The van der Waals surface area contributed by atoms with Crippen LogP contribution in [-0.2, 0) is 6.54 Å². The molecular weight excluding hydrogens is 388 g/mol. The molecule has 0 atom stereocenters. The van der Waals surface area contributed by atoms with Crippen LogP contribution in [0, 0.1) is 13.8 Å². The van der Waals surface area contributed by atoms with Gasteiger partial charge in [-0.15, -0.1) is 22.7 Å². The first-order chi connectivity index (χ1) is 13.6. The summed E-state index contributed by atoms with van der Waals surface area (Å²) in [5.74, 6) is -0.104. The van der Waals surface area contributed by atoms with Gasteiger partial charge in [-0.05, 0) is 26.0 Å². The number of pyridine rings is 1. The van der Waals surface area contributed by atoms with E-state index in [1.54, 1.807) is 23.7 Å². The van der Waals surface area contributed by atoms with Crippen LogP contribution in [0.4, 0.5) is 0 Å². The van der Waals surface area contributed by atoms with E-state index < -0.39 is 0 Å². The highest BCUT2D eigenvalue weighted by atomic mass is 32.1. The normalized spacial score (nSPS) is 10.8. The van der Waals surface area contributed by atoms with Gasteiger partial charge >= 0.3 is 0 Å². The summed E-state index contributed by atoms with van der Waals surface area (Å²) in [5, 5.41) is 4.78. The Morgan fingerprint density at radius 1 is 0.929 bits per heavy atom. The smallest absolute Gasteiger partial charge is 0.263 e. The molecule has 1 aromatic carbocycles. The first-order valence-electron chi connectivity index (χ1n) is 8.79. The first-order valence-corrected chi connectivity index (χ1v) is 10.4. The van der Waals surface area contributed by atoms with Crippen LogP contribution in [0.5, 0.6) is 0 Å². The quantitative estimate of drug-likeness (QED) is 0.513. The summed E-state index contributed by atoms with van der Waals surface area (Å²) in [6, 6.07) is 13.8. The lowest BCUT2D eigenvalue weighted by Gasteiger charge is -2.02. The fourth-order valence-corrected chi connectivity index (χ4v) is 4.74. The average molecular weight is 407 g/mol. The van der Waals surface area contributed by atoms with Crippen LogP contribution in [0.25, 0.3) is 21.1 Å². The Bertz CT molecular complexity index is 1100. The second kappa shape index (κ2) is 8.00. The standard InChI is InChI=1S/C21H18N4OS2/c1-13-17(27-21(24-13)16-9-6-10-22-11-16)12-23-19(26)18-14(2)25-20(28-18)15-7-4-3-5-8-15/h3-11H,12H2,1-2H3,(H,23,26). The molecule has 0 unspecified atom stereocenters. The lowest BCUT2D eigenvalue weighted by molar-refractivity contribution is 0.0954. The molecule has 0 spiro atoms. The van der Waals surface area contributed by atoms with Crippen molar-refractivity contribution in [3.63, 3.8) is 0 Å². The Labute approximate surface area is 171 Å². The minimum absolute atomic E-state index is 0.104. The molecule has 0 radical (unpaired) electrons. The van der Waals surface area contributed by atoms with Crippen LogP contribution in [0.2, 0.25) is 0 Å². The van der Waals surface area contributed by atoms with Gasteiger partial charge in [-0.3, -0.25) is 9.78 Å². The largest absolute Gasteiger partial charge is 0.346 e. The van der Waals surface area contributed by atoms with Crippen LogP contribution in [0.1, 0.15) is 25.9 Å². The maximum absolute atomic E-state index is 12.7. The highest BCUT2D eigenvalue weighted by Gasteiger charge is 2.17. The maximum atomic E-state index is 12.7. The zero-order chi connectivity index (χ0) is 19.5. The monoisotopic (exact) mass is 406 g/mol. The van der Waals surface area contributed by atoms with Crippen molar-refractivity contribution in [1.29, 1.82) is 0 Å². The molecule has 0 saturated carbocycles. The van der Waals surface area contributed by atoms with Crippen LogP contribution >= 0.6 is 22.7 Å². The number of hydrogen-bond acceptors (Lipinski definition) is 6. The molecule has 0 aliphatic rings. The van der Waals surface area contributed by atoms with Gasteiger partial charge in [-0.1, -0.05) is 30.3 Å². The van der Waals surface area contributed by atoms with E-state index in [2.05, 4.69) is 20.3 Å². The van der Waals surface area contributed by atoms with Gasteiger partial charge in [0.05, 0.1) is 17.9 Å². The summed E-state index contributed by atoms with van der Waals surface area (Å²) in [7, 11) is 0. The van der Waals surface area contributed by atoms with Gasteiger partial charge in [-0.25, -0.2) is 9.97 Å². The molecule has 3 heterocycles. The number of hydrogen-bond donors (Lipinski definition) is 1. The summed E-state index contributed by atoms with van der Waals surface area (Å²) in [4.78, 5) is 27.7. The summed E-state index contributed by atoms with van der Waals surface area (Å²) < 4.78 is 0. The molecular formula is C21H18N4OS2. The average Bonchev–Trinajstić information content (AvgIpc) is 3.30. The number of carbonyl (C=O) groups is 1. The maximum Gasteiger partial charge on any atom is 0.263 e.